The van der Waals surface area contributed by atoms with E-state index in [1.807, 2.05) is 27.1 Å². The summed E-state index contributed by atoms with van der Waals surface area (Å²) in [6.45, 7) is 4.92. The van der Waals surface area contributed by atoms with Gasteiger partial charge in [0.2, 0.25) is 5.95 Å². The molecular formula is C15H20N4. The fraction of sp³-hybridized carbons (Fsp3) is 0.333. The van der Waals surface area contributed by atoms with Crippen LogP contribution >= 0.6 is 0 Å². The summed E-state index contributed by atoms with van der Waals surface area (Å²) in [6.07, 6.45) is 0. The van der Waals surface area contributed by atoms with Crippen LogP contribution in [0.1, 0.15) is 16.8 Å². The molecule has 0 radical (unpaired) electrons. The predicted octanol–water partition coefficient (Wildman–Crippen LogP) is 2.77. The molecule has 0 bridgehead atoms. The van der Waals surface area contributed by atoms with E-state index in [1.165, 1.54) is 11.1 Å². The number of aromatic nitrogens is 2. The molecule has 0 fully saturated rings. The van der Waals surface area contributed by atoms with E-state index >= 15 is 0 Å². The molecular weight excluding hydrogens is 236 g/mol. The average molecular weight is 256 g/mol. The van der Waals surface area contributed by atoms with Crippen molar-refractivity contribution in [3.63, 3.8) is 0 Å². The summed E-state index contributed by atoms with van der Waals surface area (Å²) < 4.78 is 0. The van der Waals surface area contributed by atoms with Gasteiger partial charge in [-0.3, -0.25) is 0 Å². The van der Waals surface area contributed by atoms with Crippen LogP contribution in [0.25, 0.3) is 0 Å². The highest BCUT2D eigenvalue weighted by Crippen LogP contribution is 2.16. The average Bonchev–Trinajstić information content (AvgIpc) is 2.38. The van der Waals surface area contributed by atoms with Crippen LogP contribution in [0, 0.1) is 13.8 Å². The van der Waals surface area contributed by atoms with Crippen molar-refractivity contribution in [2.45, 2.75) is 20.4 Å². The molecule has 1 aromatic heterocycles. The summed E-state index contributed by atoms with van der Waals surface area (Å²) in [5.74, 6) is 1.59. The first-order valence-corrected chi connectivity index (χ1v) is 6.38. The van der Waals surface area contributed by atoms with Gasteiger partial charge in [-0.2, -0.15) is 4.98 Å². The molecule has 100 valence electrons. The van der Waals surface area contributed by atoms with E-state index in [4.69, 9.17) is 0 Å². The standard InChI is InChI=1S/C15H20N4/c1-11-6-5-7-13(8-11)10-19(4)14-9-12(2)17-15(16-3)18-14/h5-9H,10H2,1-4H3,(H,16,17,18). The highest BCUT2D eigenvalue weighted by atomic mass is 15.2. The maximum absolute atomic E-state index is 4.47. The molecule has 1 aromatic carbocycles. The van der Waals surface area contributed by atoms with E-state index < -0.39 is 0 Å². The van der Waals surface area contributed by atoms with Crippen molar-refractivity contribution in [3.8, 4) is 0 Å². The molecule has 0 unspecified atom stereocenters. The van der Waals surface area contributed by atoms with Crippen LogP contribution in [0.5, 0.6) is 0 Å². The number of hydrogen-bond donors (Lipinski definition) is 1. The Morgan fingerprint density at radius 2 is 1.95 bits per heavy atom. The third-order valence-electron chi connectivity index (χ3n) is 2.96. The second kappa shape index (κ2) is 5.69. The zero-order valence-corrected chi connectivity index (χ0v) is 11.9. The van der Waals surface area contributed by atoms with E-state index in [1.54, 1.807) is 0 Å². The van der Waals surface area contributed by atoms with Crippen molar-refractivity contribution >= 4 is 11.8 Å². The van der Waals surface area contributed by atoms with Gasteiger partial charge >= 0.3 is 0 Å². The quantitative estimate of drug-likeness (QED) is 0.913. The second-order valence-electron chi connectivity index (χ2n) is 4.79. The molecule has 1 N–H and O–H groups in total. The summed E-state index contributed by atoms with van der Waals surface area (Å²) in [6, 6.07) is 10.5. The predicted molar refractivity (Wildman–Crippen MR) is 79.6 cm³/mol. The Morgan fingerprint density at radius 3 is 2.63 bits per heavy atom. The van der Waals surface area contributed by atoms with E-state index in [0.29, 0.717) is 5.95 Å². The number of nitrogens with one attached hydrogen (secondary N) is 1. The third-order valence-corrected chi connectivity index (χ3v) is 2.96. The number of aryl methyl sites for hydroxylation is 2. The van der Waals surface area contributed by atoms with E-state index in [2.05, 4.69) is 51.4 Å². The Kier molecular flexibility index (Phi) is 4.00. The zero-order chi connectivity index (χ0) is 13.8. The molecule has 2 aromatic rings. The Hall–Kier alpha value is -2.10. The maximum atomic E-state index is 4.47. The molecule has 1 heterocycles. The minimum absolute atomic E-state index is 0.658. The molecule has 19 heavy (non-hydrogen) atoms. The van der Waals surface area contributed by atoms with Crippen molar-refractivity contribution in [1.29, 1.82) is 0 Å². The lowest BCUT2D eigenvalue weighted by atomic mass is 10.1. The fourth-order valence-electron chi connectivity index (χ4n) is 2.02. The zero-order valence-electron chi connectivity index (χ0n) is 11.9. The SMILES string of the molecule is CNc1nc(C)cc(N(C)Cc2cccc(C)c2)n1. The Labute approximate surface area is 114 Å². The molecule has 0 saturated heterocycles. The van der Waals surface area contributed by atoms with Gasteiger partial charge < -0.3 is 10.2 Å². The number of anilines is 2. The van der Waals surface area contributed by atoms with Gasteiger partial charge in [0.25, 0.3) is 0 Å². The van der Waals surface area contributed by atoms with Gasteiger partial charge in [0.15, 0.2) is 0 Å². The number of hydrogen-bond acceptors (Lipinski definition) is 4. The normalized spacial score (nSPS) is 10.3. The summed E-state index contributed by atoms with van der Waals surface area (Å²) in [4.78, 5) is 10.9. The summed E-state index contributed by atoms with van der Waals surface area (Å²) in [5, 5.41) is 2.99. The van der Waals surface area contributed by atoms with Crippen molar-refractivity contribution in [3.05, 3.63) is 47.2 Å². The number of rotatable bonds is 4. The molecule has 0 amide bonds. The Morgan fingerprint density at radius 1 is 1.16 bits per heavy atom. The fourth-order valence-corrected chi connectivity index (χ4v) is 2.02. The van der Waals surface area contributed by atoms with Crippen molar-refractivity contribution < 1.29 is 0 Å². The highest BCUT2D eigenvalue weighted by molar-refractivity contribution is 5.44. The lowest BCUT2D eigenvalue weighted by Crippen LogP contribution is -2.18. The molecule has 0 aliphatic carbocycles. The van der Waals surface area contributed by atoms with Crippen molar-refractivity contribution in [2.75, 3.05) is 24.3 Å². The third kappa shape index (κ3) is 3.44. The van der Waals surface area contributed by atoms with Gasteiger partial charge in [0, 0.05) is 32.4 Å². The number of nitrogens with zero attached hydrogens (tertiary/aromatic N) is 3. The van der Waals surface area contributed by atoms with E-state index in [-0.39, 0.29) is 0 Å². The van der Waals surface area contributed by atoms with Gasteiger partial charge in [0.1, 0.15) is 5.82 Å². The maximum Gasteiger partial charge on any atom is 0.224 e. The molecule has 0 spiro atoms. The summed E-state index contributed by atoms with van der Waals surface area (Å²) in [5.41, 5.74) is 3.52. The first-order chi connectivity index (χ1) is 9.08. The molecule has 2 rings (SSSR count). The highest BCUT2D eigenvalue weighted by Gasteiger charge is 2.07. The first-order valence-electron chi connectivity index (χ1n) is 6.38. The van der Waals surface area contributed by atoms with Crippen LogP contribution in [0.15, 0.2) is 30.3 Å². The van der Waals surface area contributed by atoms with Crippen molar-refractivity contribution in [2.24, 2.45) is 0 Å². The molecule has 0 aliphatic heterocycles. The molecule has 4 nitrogen and oxygen atoms in total. The summed E-state index contributed by atoms with van der Waals surface area (Å²) in [7, 11) is 3.88. The molecule has 0 saturated carbocycles. The van der Waals surface area contributed by atoms with E-state index in [9.17, 15) is 0 Å². The molecule has 4 heteroatoms. The monoisotopic (exact) mass is 256 g/mol. The first kappa shape index (κ1) is 13.3. The van der Waals surface area contributed by atoms with Gasteiger partial charge in [-0.15, -0.1) is 0 Å². The topological polar surface area (TPSA) is 41.1 Å². The minimum atomic E-state index is 0.658. The van der Waals surface area contributed by atoms with Crippen LogP contribution in [-0.2, 0) is 6.54 Å². The molecule has 0 atom stereocenters. The van der Waals surface area contributed by atoms with Crippen LogP contribution in [0.2, 0.25) is 0 Å². The largest absolute Gasteiger partial charge is 0.357 e. The summed E-state index contributed by atoms with van der Waals surface area (Å²) >= 11 is 0. The van der Waals surface area contributed by atoms with Gasteiger partial charge in [-0.25, -0.2) is 4.98 Å². The van der Waals surface area contributed by atoms with Gasteiger partial charge in [0.05, 0.1) is 0 Å². The van der Waals surface area contributed by atoms with Gasteiger partial charge in [-0.1, -0.05) is 29.8 Å². The van der Waals surface area contributed by atoms with E-state index in [0.717, 1.165) is 18.1 Å². The Balaban J connectivity index is 2.20. The van der Waals surface area contributed by atoms with Crippen LogP contribution in [0.4, 0.5) is 11.8 Å². The van der Waals surface area contributed by atoms with Crippen LogP contribution in [0.3, 0.4) is 0 Å². The molecule has 0 aliphatic rings. The minimum Gasteiger partial charge on any atom is -0.357 e. The lowest BCUT2D eigenvalue weighted by Gasteiger charge is -2.19. The number of benzene rings is 1. The lowest BCUT2D eigenvalue weighted by molar-refractivity contribution is 0.886. The smallest absolute Gasteiger partial charge is 0.224 e. The van der Waals surface area contributed by atoms with Gasteiger partial charge in [-0.05, 0) is 19.4 Å². The second-order valence-corrected chi connectivity index (χ2v) is 4.79. The Bertz CT molecular complexity index is 566. The van der Waals surface area contributed by atoms with Crippen LogP contribution in [-0.4, -0.2) is 24.1 Å². The van der Waals surface area contributed by atoms with Crippen molar-refractivity contribution in [1.82, 2.24) is 9.97 Å². The van der Waals surface area contributed by atoms with Crippen LogP contribution < -0.4 is 10.2 Å².